The maximum absolute atomic E-state index is 13.5. The van der Waals surface area contributed by atoms with E-state index in [1.54, 1.807) is 45.9 Å². The predicted molar refractivity (Wildman–Crippen MR) is 171 cm³/mol. The van der Waals surface area contributed by atoms with Crippen LogP contribution in [0.25, 0.3) is 0 Å². The Kier molecular flexibility index (Phi) is 9.22. The second kappa shape index (κ2) is 11.8. The molecular formula is C30H33Cl4N3O4S. The molecule has 0 radical (unpaired) electrons. The lowest BCUT2D eigenvalue weighted by atomic mass is 9.66. The fourth-order valence-corrected chi connectivity index (χ4v) is 8.06. The van der Waals surface area contributed by atoms with E-state index in [9.17, 15) is 13.2 Å². The van der Waals surface area contributed by atoms with E-state index in [-0.39, 0.29) is 39.6 Å². The minimum Gasteiger partial charge on any atom is -0.493 e. The van der Waals surface area contributed by atoms with E-state index in [2.05, 4.69) is 4.72 Å². The molecule has 0 spiro atoms. The van der Waals surface area contributed by atoms with Crippen molar-refractivity contribution >= 4 is 67.6 Å². The van der Waals surface area contributed by atoms with Crippen LogP contribution in [0.1, 0.15) is 59.1 Å². The van der Waals surface area contributed by atoms with Gasteiger partial charge in [-0.05, 0) is 89.4 Å². The third-order valence-electron chi connectivity index (χ3n) is 7.65. The molecule has 1 aliphatic heterocycles. The number of carbonyl (C=O) groups is 1. The standard InChI is InChI=1S/C30H33Cl4N3O4S/c1-7-41-24-17-23(33)25(42(39,40)36-28(2,3)4)16-22(24)26-35-29(5,18-8-12-20(31)13-9-18)30(6,37(26)27(34)38)19-10-14-21(32)15-11-19/h8,10-18,36H,7,9H2,1-6H3/t18?,29-,30+/m0/s1. The van der Waals surface area contributed by atoms with Crippen LogP contribution in [0.4, 0.5) is 4.79 Å². The highest BCUT2D eigenvalue weighted by molar-refractivity contribution is 7.89. The Balaban J connectivity index is 2.04. The van der Waals surface area contributed by atoms with Crippen molar-refractivity contribution in [3.63, 3.8) is 0 Å². The first kappa shape index (κ1) is 32.8. The summed E-state index contributed by atoms with van der Waals surface area (Å²) in [5.41, 5.74) is -1.95. The van der Waals surface area contributed by atoms with Crippen molar-refractivity contribution in [2.75, 3.05) is 6.61 Å². The number of sulfonamides is 1. The van der Waals surface area contributed by atoms with Crippen LogP contribution in [0, 0.1) is 5.92 Å². The Morgan fingerprint density at radius 3 is 2.31 bits per heavy atom. The Morgan fingerprint density at radius 1 is 1.14 bits per heavy atom. The first-order valence-corrected chi connectivity index (χ1v) is 16.3. The molecule has 3 atom stereocenters. The van der Waals surface area contributed by atoms with Gasteiger partial charge in [0.25, 0.3) is 0 Å². The van der Waals surface area contributed by atoms with E-state index in [0.29, 0.717) is 16.5 Å². The number of ether oxygens (including phenoxy) is 1. The van der Waals surface area contributed by atoms with Gasteiger partial charge >= 0.3 is 5.37 Å². The number of nitrogens with one attached hydrogen (secondary N) is 1. The lowest BCUT2D eigenvalue weighted by molar-refractivity contribution is 0.121. The van der Waals surface area contributed by atoms with Crippen LogP contribution in [0.5, 0.6) is 5.75 Å². The van der Waals surface area contributed by atoms with Gasteiger partial charge in [0.2, 0.25) is 10.0 Å². The van der Waals surface area contributed by atoms with Crippen molar-refractivity contribution in [1.29, 1.82) is 0 Å². The maximum Gasteiger partial charge on any atom is 0.322 e. The number of amides is 1. The highest BCUT2D eigenvalue weighted by Crippen LogP contribution is 2.54. The van der Waals surface area contributed by atoms with E-state index in [4.69, 9.17) is 56.1 Å². The van der Waals surface area contributed by atoms with Crippen molar-refractivity contribution in [2.45, 2.75) is 69.5 Å². The molecular weight excluding hydrogens is 640 g/mol. The number of nitrogens with zero attached hydrogens (tertiary/aromatic N) is 2. The molecule has 42 heavy (non-hydrogen) atoms. The minimum atomic E-state index is -4.09. The number of aliphatic imine (C=N–C) groups is 1. The van der Waals surface area contributed by atoms with E-state index in [1.165, 1.54) is 17.0 Å². The SMILES string of the molecule is CCOc1cc(Cl)c(S(=O)(=O)NC(C)(C)C)cc1C1=N[C@@](C)(C2C=CC(Cl)=CC2)[C@@](C)(c2ccc(Cl)cc2)N1C(=O)Cl. The largest absolute Gasteiger partial charge is 0.493 e. The topological polar surface area (TPSA) is 88.1 Å². The summed E-state index contributed by atoms with van der Waals surface area (Å²) in [6, 6.07) is 9.94. The lowest BCUT2D eigenvalue weighted by Crippen LogP contribution is -2.57. The van der Waals surface area contributed by atoms with Crippen LogP contribution in [-0.2, 0) is 15.6 Å². The minimum absolute atomic E-state index is 0.0421. The molecule has 0 saturated carbocycles. The number of hydrogen-bond donors (Lipinski definition) is 1. The molecule has 2 aliphatic rings. The van der Waals surface area contributed by atoms with Crippen LogP contribution >= 0.6 is 46.4 Å². The van der Waals surface area contributed by atoms with Crippen LogP contribution < -0.4 is 9.46 Å². The second-order valence-electron chi connectivity index (χ2n) is 11.6. The molecule has 1 N–H and O–H groups in total. The molecule has 4 rings (SSSR count). The van der Waals surface area contributed by atoms with Gasteiger partial charge in [-0.1, -0.05) is 59.1 Å². The van der Waals surface area contributed by atoms with Crippen LogP contribution in [0.3, 0.4) is 0 Å². The maximum atomic E-state index is 13.5. The van der Waals surface area contributed by atoms with Gasteiger partial charge in [0.05, 0.1) is 28.3 Å². The smallest absolute Gasteiger partial charge is 0.322 e. The number of carbonyl (C=O) groups excluding carboxylic acids is 1. The Hall–Kier alpha value is -2.07. The molecule has 7 nitrogen and oxygen atoms in total. The lowest BCUT2D eigenvalue weighted by Gasteiger charge is -2.47. The summed E-state index contributed by atoms with van der Waals surface area (Å²) in [6.45, 7) is 11.0. The van der Waals surface area contributed by atoms with Gasteiger partial charge in [-0.25, -0.2) is 13.1 Å². The highest BCUT2D eigenvalue weighted by Gasteiger charge is 2.61. The molecule has 226 valence electrons. The normalized spacial score (nSPS) is 24.4. The third-order valence-corrected chi connectivity index (χ3v) is 10.6. The van der Waals surface area contributed by atoms with Gasteiger partial charge in [0, 0.05) is 27.6 Å². The summed E-state index contributed by atoms with van der Waals surface area (Å²) < 4.78 is 35.5. The quantitative estimate of drug-likeness (QED) is 0.237. The number of halogens is 4. The molecule has 0 saturated heterocycles. The summed E-state index contributed by atoms with van der Waals surface area (Å²) in [6.07, 6.45) is 6.22. The molecule has 0 bridgehead atoms. The van der Waals surface area contributed by atoms with Gasteiger partial charge in [0.15, 0.2) is 0 Å². The third kappa shape index (κ3) is 5.99. The Bertz CT molecular complexity index is 1600. The summed E-state index contributed by atoms with van der Waals surface area (Å²) in [5, 5.41) is 0.280. The number of hydrogen-bond acceptors (Lipinski definition) is 5. The Morgan fingerprint density at radius 2 is 1.79 bits per heavy atom. The predicted octanol–water partition coefficient (Wildman–Crippen LogP) is 8.26. The molecule has 2 aromatic carbocycles. The van der Waals surface area contributed by atoms with E-state index < -0.39 is 32.0 Å². The molecule has 1 amide bonds. The van der Waals surface area contributed by atoms with Gasteiger partial charge in [0.1, 0.15) is 16.5 Å². The molecule has 2 aromatic rings. The van der Waals surface area contributed by atoms with Crippen molar-refractivity contribution in [2.24, 2.45) is 10.9 Å². The van der Waals surface area contributed by atoms with Gasteiger partial charge < -0.3 is 4.74 Å². The average molecular weight is 673 g/mol. The van der Waals surface area contributed by atoms with E-state index >= 15 is 0 Å². The monoisotopic (exact) mass is 671 g/mol. The average Bonchev–Trinajstić information content (AvgIpc) is 3.12. The molecule has 1 aliphatic carbocycles. The summed E-state index contributed by atoms with van der Waals surface area (Å²) >= 11 is 25.4. The highest BCUT2D eigenvalue weighted by atomic mass is 35.5. The Labute approximate surface area is 267 Å². The summed E-state index contributed by atoms with van der Waals surface area (Å²) in [7, 11) is -4.09. The zero-order chi connectivity index (χ0) is 31.3. The number of allylic oxidation sites excluding steroid dienone is 3. The number of amidine groups is 1. The second-order valence-corrected chi connectivity index (χ2v) is 14.9. The zero-order valence-corrected chi connectivity index (χ0v) is 28.0. The van der Waals surface area contributed by atoms with Crippen LogP contribution in [0.15, 0.2) is 69.5 Å². The molecule has 1 heterocycles. The molecule has 12 heteroatoms. The van der Waals surface area contributed by atoms with Gasteiger partial charge in [-0.2, -0.15) is 0 Å². The van der Waals surface area contributed by atoms with Gasteiger partial charge in [-0.3, -0.25) is 14.7 Å². The summed E-state index contributed by atoms with van der Waals surface area (Å²) in [5.74, 6) is 0.185. The van der Waals surface area contributed by atoms with Crippen LogP contribution in [-0.4, -0.2) is 42.2 Å². The fraction of sp³-hybridized carbons (Fsp3) is 0.400. The molecule has 0 fully saturated rings. The fourth-order valence-electron chi connectivity index (χ4n) is 5.56. The molecule has 0 aromatic heterocycles. The summed E-state index contributed by atoms with van der Waals surface area (Å²) in [4.78, 5) is 19.9. The first-order valence-electron chi connectivity index (χ1n) is 13.3. The van der Waals surface area contributed by atoms with Crippen molar-refractivity contribution in [3.8, 4) is 5.75 Å². The van der Waals surface area contributed by atoms with Crippen molar-refractivity contribution in [3.05, 3.63) is 80.8 Å². The van der Waals surface area contributed by atoms with E-state index in [0.717, 1.165) is 5.56 Å². The van der Waals surface area contributed by atoms with Gasteiger partial charge in [-0.15, -0.1) is 0 Å². The van der Waals surface area contributed by atoms with Crippen molar-refractivity contribution in [1.82, 2.24) is 9.62 Å². The van der Waals surface area contributed by atoms with Crippen LogP contribution in [0.2, 0.25) is 10.0 Å². The number of rotatable bonds is 7. The number of benzene rings is 2. The zero-order valence-electron chi connectivity index (χ0n) is 24.1. The first-order chi connectivity index (χ1) is 19.4. The molecule has 1 unspecified atom stereocenters. The van der Waals surface area contributed by atoms with E-state index in [1.807, 2.05) is 38.1 Å². The van der Waals surface area contributed by atoms with Crippen molar-refractivity contribution < 1.29 is 17.9 Å².